The average Bonchev–Trinajstić information content (AvgIpc) is 2.46. The lowest BCUT2D eigenvalue weighted by atomic mass is 10.1. The molecule has 2 heteroatoms. The Hall–Kier alpha value is -1.75. The highest BCUT2D eigenvalue weighted by atomic mass is 14.7. The molecule has 0 radical (unpaired) electrons. The van der Waals surface area contributed by atoms with Gasteiger partial charge < -0.3 is 4.98 Å². The standard InChI is InChI=1S/C11H10N2/c1-8-9-4-2-3-5-11(9)13-10(8)6-7-12/h2-5,13H,6H2,1H3. The van der Waals surface area contributed by atoms with Crippen LogP contribution in [0.5, 0.6) is 0 Å². The van der Waals surface area contributed by atoms with Crippen LogP contribution in [0.25, 0.3) is 10.9 Å². The summed E-state index contributed by atoms with van der Waals surface area (Å²) in [5.74, 6) is 0. The van der Waals surface area contributed by atoms with Crippen molar-refractivity contribution in [3.8, 4) is 6.07 Å². The molecule has 0 aliphatic carbocycles. The molecule has 0 bridgehead atoms. The van der Waals surface area contributed by atoms with Crippen LogP contribution in [0, 0.1) is 18.3 Å². The van der Waals surface area contributed by atoms with Crippen molar-refractivity contribution in [3.05, 3.63) is 35.5 Å². The number of para-hydroxylation sites is 1. The number of fused-ring (bicyclic) bond motifs is 1. The molecule has 0 aliphatic rings. The van der Waals surface area contributed by atoms with E-state index in [-0.39, 0.29) is 0 Å². The predicted molar refractivity (Wildman–Crippen MR) is 52.4 cm³/mol. The van der Waals surface area contributed by atoms with Gasteiger partial charge >= 0.3 is 0 Å². The van der Waals surface area contributed by atoms with Gasteiger partial charge in [-0.3, -0.25) is 0 Å². The zero-order valence-corrected chi connectivity index (χ0v) is 7.46. The highest BCUT2D eigenvalue weighted by molar-refractivity contribution is 5.84. The van der Waals surface area contributed by atoms with Crippen molar-refractivity contribution in [2.24, 2.45) is 0 Å². The summed E-state index contributed by atoms with van der Waals surface area (Å²) < 4.78 is 0. The lowest BCUT2D eigenvalue weighted by molar-refractivity contribution is 1.14. The minimum Gasteiger partial charge on any atom is -0.357 e. The van der Waals surface area contributed by atoms with Crippen LogP contribution in [0.4, 0.5) is 0 Å². The molecule has 64 valence electrons. The topological polar surface area (TPSA) is 39.6 Å². The van der Waals surface area contributed by atoms with Gasteiger partial charge in [-0.2, -0.15) is 5.26 Å². The van der Waals surface area contributed by atoms with Crippen LogP contribution in [0.1, 0.15) is 11.3 Å². The first-order valence-electron chi connectivity index (χ1n) is 4.26. The number of rotatable bonds is 1. The third kappa shape index (κ3) is 1.19. The Morgan fingerprint density at radius 1 is 1.38 bits per heavy atom. The van der Waals surface area contributed by atoms with Crippen molar-refractivity contribution < 1.29 is 0 Å². The number of aromatic nitrogens is 1. The molecule has 0 unspecified atom stereocenters. The van der Waals surface area contributed by atoms with Crippen LogP contribution in [-0.4, -0.2) is 4.98 Å². The molecule has 0 amide bonds. The van der Waals surface area contributed by atoms with E-state index >= 15 is 0 Å². The van der Waals surface area contributed by atoms with E-state index in [0.29, 0.717) is 6.42 Å². The SMILES string of the molecule is Cc1c(CC#N)[nH]c2ccccc12. The van der Waals surface area contributed by atoms with Crippen molar-refractivity contribution in [2.45, 2.75) is 13.3 Å². The van der Waals surface area contributed by atoms with E-state index in [1.54, 1.807) is 0 Å². The lowest BCUT2D eigenvalue weighted by Gasteiger charge is -1.90. The molecule has 1 aromatic heterocycles. The maximum absolute atomic E-state index is 8.60. The summed E-state index contributed by atoms with van der Waals surface area (Å²) in [5.41, 5.74) is 3.34. The van der Waals surface area contributed by atoms with Crippen molar-refractivity contribution >= 4 is 10.9 Å². The molecule has 1 heterocycles. The predicted octanol–water partition coefficient (Wildman–Crippen LogP) is 2.54. The van der Waals surface area contributed by atoms with Crippen LogP contribution in [-0.2, 0) is 6.42 Å². The highest BCUT2D eigenvalue weighted by Gasteiger charge is 2.05. The van der Waals surface area contributed by atoms with Crippen LogP contribution in [0.3, 0.4) is 0 Å². The molecular formula is C11H10N2. The Morgan fingerprint density at radius 2 is 2.15 bits per heavy atom. The fourth-order valence-corrected chi connectivity index (χ4v) is 1.59. The molecule has 13 heavy (non-hydrogen) atoms. The molecular weight excluding hydrogens is 160 g/mol. The number of aromatic amines is 1. The Balaban J connectivity index is 2.68. The normalized spacial score (nSPS) is 10.2. The van der Waals surface area contributed by atoms with Crippen LogP contribution in [0.15, 0.2) is 24.3 Å². The van der Waals surface area contributed by atoms with Gasteiger partial charge in [0.1, 0.15) is 0 Å². The second kappa shape index (κ2) is 2.95. The quantitative estimate of drug-likeness (QED) is 0.701. The molecule has 2 aromatic rings. The van der Waals surface area contributed by atoms with Crippen molar-refractivity contribution in [2.75, 3.05) is 0 Å². The van der Waals surface area contributed by atoms with Gasteiger partial charge in [-0.05, 0) is 18.6 Å². The summed E-state index contributed by atoms with van der Waals surface area (Å²) in [4.78, 5) is 3.24. The van der Waals surface area contributed by atoms with Crippen molar-refractivity contribution in [3.63, 3.8) is 0 Å². The largest absolute Gasteiger partial charge is 0.357 e. The highest BCUT2D eigenvalue weighted by Crippen LogP contribution is 2.21. The number of H-pyrrole nitrogens is 1. The van der Waals surface area contributed by atoms with E-state index in [1.165, 1.54) is 10.9 Å². The number of aryl methyl sites for hydroxylation is 1. The minimum atomic E-state index is 0.459. The average molecular weight is 170 g/mol. The zero-order chi connectivity index (χ0) is 9.26. The van der Waals surface area contributed by atoms with Crippen LogP contribution < -0.4 is 0 Å². The van der Waals surface area contributed by atoms with Gasteiger partial charge in [0, 0.05) is 16.6 Å². The third-order valence-electron chi connectivity index (χ3n) is 2.33. The van der Waals surface area contributed by atoms with Gasteiger partial charge in [-0.15, -0.1) is 0 Å². The summed E-state index contributed by atoms with van der Waals surface area (Å²) in [7, 11) is 0. The van der Waals surface area contributed by atoms with Crippen LogP contribution >= 0.6 is 0 Å². The first-order chi connectivity index (χ1) is 6.33. The fourth-order valence-electron chi connectivity index (χ4n) is 1.59. The Morgan fingerprint density at radius 3 is 2.85 bits per heavy atom. The van der Waals surface area contributed by atoms with E-state index < -0.39 is 0 Å². The van der Waals surface area contributed by atoms with Crippen molar-refractivity contribution in [1.82, 2.24) is 4.98 Å². The van der Waals surface area contributed by atoms with E-state index in [9.17, 15) is 0 Å². The van der Waals surface area contributed by atoms with Gasteiger partial charge in [0.05, 0.1) is 12.5 Å². The molecule has 0 atom stereocenters. The Bertz CT molecular complexity index is 474. The Labute approximate surface area is 76.8 Å². The number of hydrogen-bond acceptors (Lipinski definition) is 1. The molecule has 2 nitrogen and oxygen atoms in total. The molecule has 1 N–H and O–H groups in total. The van der Waals surface area contributed by atoms with Crippen molar-refractivity contribution in [1.29, 1.82) is 5.26 Å². The number of hydrogen-bond donors (Lipinski definition) is 1. The summed E-state index contributed by atoms with van der Waals surface area (Å²) in [5, 5.41) is 9.81. The molecule has 0 spiro atoms. The number of nitrogens with one attached hydrogen (secondary N) is 1. The number of nitriles is 1. The second-order valence-corrected chi connectivity index (χ2v) is 3.11. The maximum Gasteiger partial charge on any atom is 0.0755 e. The minimum absolute atomic E-state index is 0.459. The van der Waals surface area contributed by atoms with Gasteiger partial charge in [0.2, 0.25) is 0 Å². The molecule has 0 aliphatic heterocycles. The van der Waals surface area contributed by atoms with Gasteiger partial charge in [0.15, 0.2) is 0 Å². The zero-order valence-electron chi connectivity index (χ0n) is 7.46. The summed E-state index contributed by atoms with van der Waals surface area (Å²) in [6.07, 6.45) is 0.459. The number of nitrogens with zero attached hydrogens (tertiary/aromatic N) is 1. The molecule has 2 rings (SSSR count). The first kappa shape index (κ1) is 7.88. The monoisotopic (exact) mass is 170 g/mol. The first-order valence-corrected chi connectivity index (χ1v) is 4.26. The van der Waals surface area contributed by atoms with Crippen LogP contribution in [0.2, 0.25) is 0 Å². The number of benzene rings is 1. The summed E-state index contributed by atoms with van der Waals surface area (Å²) in [6.45, 7) is 2.05. The van der Waals surface area contributed by atoms with E-state index in [4.69, 9.17) is 5.26 Å². The van der Waals surface area contributed by atoms with Gasteiger partial charge in [0.25, 0.3) is 0 Å². The second-order valence-electron chi connectivity index (χ2n) is 3.11. The summed E-state index contributed by atoms with van der Waals surface area (Å²) in [6, 6.07) is 10.3. The van der Waals surface area contributed by atoms with Gasteiger partial charge in [-0.1, -0.05) is 18.2 Å². The molecule has 0 saturated heterocycles. The van der Waals surface area contributed by atoms with E-state index in [2.05, 4.69) is 17.1 Å². The Kier molecular flexibility index (Phi) is 1.79. The maximum atomic E-state index is 8.60. The summed E-state index contributed by atoms with van der Waals surface area (Å²) >= 11 is 0. The van der Waals surface area contributed by atoms with E-state index in [0.717, 1.165) is 11.2 Å². The third-order valence-corrected chi connectivity index (χ3v) is 2.33. The molecule has 1 aromatic carbocycles. The van der Waals surface area contributed by atoms with E-state index in [1.807, 2.05) is 25.1 Å². The molecule has 0 fully saturated rings. The van der Waals surface area contributed by atoms with Gasteiger partial charge in [-0.25, -0.2) is 0 Å². The smallest absolute Gasteiger partial charge is 0.0755 e. The molecule has 0 saturated carbocycles. The fraction of sp³-hybridized carbons (Fsp3) is 0.182. The lowest BCUT2D eigenvalue weighted by Crippen LogP contribution is -1.82.